The van der Waals surface area contributed by atoms with E-state index >= 15 is 0 Å². The third-order valence-corrected chi connectivity index (χ3v) is 4.95. The van der Waals surface area contributed by atoms with E-state index in [1.807, 2.05) is 0 Å². The normalized spacial score (nSPS) is 18.8. The molecule has 0 radical (unpaired) electrons. The Bertz CT molecular complexity index is 475. The van der Waals surface area contributed by atoms with E-state index in [4.69, 9.17) is 11.6 Å². The Morgan fingerprint density at radius 1 is 1.47 bits per heavy atom. The van der Waals surface area contributed by atoms with Crippen molar-refractivity contribution < 1.29 is 4.39 Å². The van der Waals surface area contributed by atoms with Gasteiger partial charge in [0.1, 0.15) is 5.82 Å². The number of benzene rings is 1. The van der Waals surface area contributed by atoms with Crippen LogP contribution in [0.5, 0.6) is 0 Å². The molecule has 0 aliphatic carbocycles. The fourth-order valence-corrected chi connectivity index (χ4v) is 3.72. The van der Waals surface area contributed by atoms with Gasteiger partial charge in [0, 0.05) is 10.3 Å². The molecule has 1 aliphatic rings. The zero-order valence-electron chi connectivity index (χ0n) is 11.1. The zero-order chi connectivity index (χ0) is 13.8. The molecule has 104 valence electrons. The van der Waals surface area contributed by atoms with E-state index in [1.54, 1.807) is 23.9 Å². The Kier molecular flexibility index (Phi) is 5.11. The highest BCUT2D eigenvalue weighted by molar-refractivity contribution is 8.15. The number of hydrogen-bond donors (Lipinski definition) is 1. The number of thioether (sulfide) groups is 1. The molecule has 1 aromatic carbocycles. The smallest absolute Gasteiger partial charge is 0.161 e. The third kappa shape index (κ3) is 3.63. The molecule has 2 nitrogen and oxygen atoms in total. The molecule has 5 heteroatoms. The van der Waals surface area contributed by atoms with Crippen LogP contribution < -0.4 is 5.32 Å². The van der Waals surface area contributed by atoms with Crippen molar-refractivity contribution in [1.29, 1.82) is 0 Å². The Morgan fingerprint density at radius 3 is 2.84 bits per heavy atom. The van der Waals surface area contributed by atoms with Crippen LogP contribution in [0.25, 0.3) is 0 Å². The lowest BCUT2D eigenvalue weighted by molar-refractivity contribution is 0.479. The van der Waals surface area contributed by atoms with Crippen LogP contribution in [0.1, 0.15) is 26.7 Å². The summed E-state index contributed by atoms with van der Waals surface area (Å²) in [6.45, 7) is 5.23. The first-order valence-electron chi connectivity index (χ1n) is 6.57. The number of anilines is 1. The highest BCUT2D eigenvalue weighted by Gasteiger charge is 2.26. The SMILES string of the molecule is CCC(CC)C1CN=C(Nc2ccc(Cl)cc2F)S1. The molecule has 0 spiro atoms. The van der Waals surface area contributed by atoms with Gasteiger partial charge in [0.15, 0.2) is 5.17 Å². The Hall–Kier alpha value is -0.740. The molecule has 0 aromatic heterocycles. The van der Waals surface area contributed by atoms with Gasteiger partial charge >= 0.3 is 0 Å². The van der Waals surface area contributed by atoms with Gasteiger partial charge in [-0.2, -0.15) is 0 Å². The first kappa shape index (κ1) is 14.7. The molecule has 19 heavy (non-hydrogen) atoms. The largest absolute Gasteiger partial charge is 0.333 e. The number of amidine groups is 1. The molecule has 1 unspecified atom stereocenters. The lowest BCUT2D eigenvalue weighted by Crippen LogP contribution is -2.17. The molecule has 1 heterocycles. The summed E-state index contributed by atoms with van der Waals surface area (Å²) < 4.78 is 13.7. The van der Waals surface area contributed by atoms with Crippen LogP contribution in [0.2, 0.25) is 5.02 Å². The lowest BCUT2D eigenvalue weighted by Gasteiger charge is -2.18. The van der Waals surface area contributed by atoms with Crippen LogP contribution in [-0.2, 0) is 0 Å². The molecule has 1 aliphatic heterocycles. The summed E-state index contributed by atoms with van der Waals surface area (Å²) in [7, 11) is 0. The number of hydrogen-bond acceptors (Lipinski definition) is 3. The second kappa shape index (κ2) is 6.62. The first-order chi connectivity index (χ1) is 9.13. The van der Waals surface area contributed by atoms with Crippen molar-refractivity contribution in [2.24, 2.45) is 10.9 Å². The molecule has 1 aromatic rings. The Balaban J connectivity index is 1.98. The summed E-state index contributed by atoms with van der Waals surface area (Å²) >= 11 is 7.45. The summed E-state index contributed by atoms with van der Waals surface area (Å²) in [6.07, 6.45) is 2.32. The van der Waals surface area contributed by atoms with Gasteiger partial charge in [0.2, 0.25) is 0 Å². The average Bonchev–Trinajstić information content (AvgIpc) is 2.83. The predicted octanol–water partition coefficient (Wildman–Crippen LogP) is 4.80. The summed E-state index contributed by atoms with van der Waals surface area (Å²) in [5.41, 5.74) is 0.431. The standard InChI is InChI=1S/C14H18ClFN2S/c1-3-9(4-2)13-8-17-14(19-13)18-12-6-5-10(15)7-11(12)16/h5-7,9,13H,3-4,8H2,1-2H3,(H,17,18). The molecular weight excluding hydrogens is 283 g/mol. The summed E-state index contributed by atoms with van der Waals surface area (Å²) in [4.78, 5) is 4.46. The van der Waals surface area contributed by atoms with Gasteiger partial charge in [-0.1, -0.05) is 50.1 Å². The molecule has 0 bridgehead atoms. The third-order valence-electron chi connectivity index (χ3n) is 3.43. The first-order valence-corrected chi connectivity index (χ1v) is 7.83. The lowest BCUT2D eigenvalue weighted by atomic mass is 9.99. The average molecular weight is 301 g/mol. The molecule has 0 saturated carbocycles. The number of nitrogens with zero attached hydrogens (tertiary/aromatic N) is 1. The van der Waals surface area contributed by atoms with Crippen molar-refractivity contribution >= 4 is 34.2 Å². The minimum atomic E-state index is -0.346. The minimum absolute atomic E-state index is 0.346. The molecule has 0 fully saturated rings. The van der Waals surface area contributed by atoms with Gasteiger partial charge in [0.25, 0.3) is 0 Å². The fraction of sp³-hybridized carbons (Fsp3) is 0.500. The number of rotatable bonds is 4. The highest BCUT2D eigenvalue weighted by atomic mass is 35.5. The zero-order valence-corrected chi connectivity index (χ0v) is 12.7. The topological polar surface area (TPSA) is 24.4 Å². The molecule has 0 amide bonds. The van der Waals surface area contributed by atoms with Crippen LogP contribution in [0.3, 0.4) is 0 Å². The van der Waals surface area contributed by atoms with Gasteiger partial charge in [0.05, 0.1) is 12.2 Å². The van der Waals surface area contributed by atoms with E-state index < -0.39 is 0 Å². The number of nitrogens with one attached hydrogen (secondary N) is 1. The van der Waals surface area contributed by atoms with E-state index in [1.165, 1.54) is 6.07 Å². The second-order valence-electron chi connectivity index (χ2n) is 4.63. The van der Waals surface area contributed by atoms with E-state index in [0.717, 1.165) is 24.6 Å². The van der Waals surface area contributed by atoms with Crippen molar-refractivity contribution in [3.8, 4) is 0 Å². The molecule has 0 saturated heterocycles. The van der Waals surface area contributed by atoms with Crippen molar-refractivity contribution in [2.75, 3.05) is 11.9 Å². The molecular formula is C14H18ClFN2S. The van der Waals surface area contributed by atoms with Crippen LogP contribution in [0.15, 0.2) is 23.2 Å². The van der Waals surface area contributed by atoms with Crippen LogP contribution >= 0.6 is 23.4 Å². The van der Waals surface area contributed by atoms with Crippen molar-refractivity contribution in [1.82, 2.24) is 0 Å². The van der Waals surface area contributed by atoms with Crippen LogP contribution in [-0.4, -0.2) is 17.0 Å². The van der Waals surface area contributed by atoms with Gasteiger partial charge in [-0.05, 0) is 24.1 Å². The second-order valence-corrected chi connectivity index (χ2v) is 6.29. The van der Waals surface area contributed by atoms with Gasteiger partial charge in [-0.25, -0.2) is 4.39 Å². The Labute approximate surface area is 122 Å². The quantitative estimate of drug-likeness (QED) is 0.864. The highest BCUT2D eigenvalue weighted by Crippen LogP contribution is 2.32. The van der Waals surface area contributed by atoms with E-state index in [-0.39, 0.29) is 5.82 Å². The Morgan fingerprint density at radius 2 is 2.21 bits per heavy atom. The maximum absolute atomic E-state index is 13.7. The van der Waals surface area contributed by atoms with E-state index in [2.05, 4.69) is 24.2 Å². The fourth-order valence-electron chi connectivity index (χ4n) is 2.23. The summed E-state index contributed by atoms with van der Waals surface area (Å²) in [5, 5.41) is 4.76. The molecule has 1 atom stereocenters. The van der Waals surface area contributed by atoms with Gasteiger partial charge in [-0.15, -0.1) is 0 Å². The minimum Gasteiger partial charge on any atom is -0.333 e. The van der Waals surface area contributed by atoms with Crippen LogP contribution in [0, 0.1) is 11.7 Å². The summed E-state index contributed by atoms with van der Waals surface area (Å²) in [6, 6.07) is 4.62. The van der Waals surface area contributed by atoms with Crippen LogP contribution in [0.4, 0.5) is 10.1 Å². The summed E-state index contributed by atoms with van der Waals surface area (Å²) in [5.74, 6) is 0.324. The molecule has 1 N–H and O–H groups in total. The monoisotopic (exact) mass is 300 g/mol. The van der Waals surface area contributed by atoms with E-state index in [0.29, 0.717) is 21.9 Å². The van der Waals surface area contributed by atoms with Crippen molar-refractivity contribution in [3.05, 3.63) is 29.0 Å². The van der Waals surface area contributed by atoms with E-state index in [9.17, 15) is 4.39 Å². The van der Waals surface area contributed by atoms with Gasteiger partial charge < -0.3 is 5.32 Å². The maximum atomic E-state index is 13.7. The number of halogens is 2. The van der Waals surface area contributed by atoms with Crippen molar-refractivity contribution in [2.45, 2.75) is 31.9 Å². The predicted molar refractivity (Wildman–Crippen MR) is 82.8 cm³/mol. The number of aliphatic imine (C=N–C) groups is 1. The van der Waals surface area contributed by atoms with Gasteiger partial charge in [-0.3, -0.25) is 4.99 Å². The molecule has 2 rings (SSSR count). The maximum Gasteiger partial charge on any atom is 0.161 e. The van der Waals surface area contributed by atoms with Crippen molar-refractivity contribution in [3.63, 3.8) is 0 Å².